The maximum atomic E-state index is 10.8. The largest absolute Gasteiger partial charge is 0.491 e. The smallest absolute Gasteiger partial charge is 0.120 e. The van der Waals surface area contributed by atoms with Crippen molar-refractivity contribution < 1.29 is 9.84 Å². The van der Waals surface area contributed by atoms with E-state index in [9.17, 15) is 5.11 Å². The van der Waals surface area contributed by atoms with E-state index in [1.807, 2.05) is 62.4 Å². The Kier molecular flexibility index (Phi) is 4.51. The van der Waals surface area contributed by atoms with E-state index in [-0.39, 0.29) is 6.10 Å². The number of halogens is 1. The van der Waals surface area contributed by atoms with Crippen molar-refractivity contribution in [1.29, 1.82) is 0 Å². The van der Waals surface area contributed by atoms with E-state index >= 15 is 0 Å². The first-order valence-electron chi connectivity index (χ1n) is 6.65. The summed E-state index contributed by atoms with van der Waals surface area (Å²) in [7, 11) is 0. The molecule has 2 rings (SSSR count). The first-order valence-corrected chi connectivity index (χ1v) is 7.44. The van der Waals surface area contributed by atoms with Crippen molar-refractivity contribution in [2.24, 2.45) is 0 Å². The van der Waals surface area contributed by atoms with Crippen LogP contribution < -0.4 is 4.74 Å². The molecule has 2 nitrogen and oxygen atoms in total. The highest BCUT2D eigenvalue weighted by atomic mass is 79.9. The van der Waals surface area contributed by atoms with Gasteiger partial charge in [0.2, 0.25) is 0 Å². The van der Waals surface area contributed by atoms with E-state index in [0.29, 0.717) is 0 Å². The van der Waals surface area contributed by atoms with Crippen LogP contribution in [0, 0.1) is 0 Å². The summed E-state index contributed by atoms with van der Waals surface area (Å²) in [6.07, 6.45) is 0.114. The summed E-state index contributed by atoms with van der Waals surface area (Å²) in [6, 6.07) is 15.3. The van der Waals surface area contributed by atoms with Crippen LogP contribution >= 0.6 is 15.9 Å². The fraction of sp³-hybridized carbons (Fsp3) is 0.294. The van der Waals surface area contributed by atoms with Gasteiger partial charge in [0.1, 0.15) is 11.4 Å². The van der Waals surface area contributed by atoms with E-state index in [2.05, 4.69) is 15.9 Å². The lowest BCUT2D eigenvalue weighted by molar-refractivity contribution is 0.102. The minimum Gasteiger partial charge on any atom is -0.491 e. The van der Waals surface area contributed by atoms with Gasteiger partial charge < -0.3 is 9.84 Å². The molecule has 0 aliphatic heterocycles. The van der Waals surface area contributed by atoms with Gasteiger partial charge in [0, 0.05) is 4.47 Å². The van der Waals surface area contributed by atoms with Gasteiger partial charge in [0.25, 0.3) is 0 Å². The quantitative estimate of drug-likeness (QED) is 0.892. The second-order valence-corrected chi connectivity index (χ2v) is 6.19. The molecule has 3 heteroatoms. The molecule has 0 saturated carbocycles. The summed E-state index contributed by atoms with van der Waals surface area (Å²) >= 11 is 3.41. The molecule has 0 spiro atoms. The molecule has 1 unspecified atom stereocenters. The molecule has 0 heterocycles. The molecular formula is C17H19BrO2. The number of hydrogen-bond acceptors (Lipinski definition) is 2. The molecule has 0 aliphatic rings. The Morgan fingerprint density at radius 2 is 1.70 bits per heavy atom. The molecule has 2 aromatic rings. The average molecular weight is 335 g/mol. The Bertz CT molecular complexity index is 574. The van der Waals surface area contributed by atoms with Crippen LogP contribution in [0.1, 0.15) is 31.9 Å². The lowest BCUT2D eigenvalue weighted by Crippen LogP contribution is -2.22. The van der Waals surface area contributed by atoms with Crippen LogP contribution in [-0.4, -0.2) is 11.2 Å². The van der Waals surface area contributed by atoms with Crippen molar-refractivity contribution in [2.75, 3.05) is 0 Å². The zero-order chi connectivity index (χ0) is 14.8. The maximum Gasteiger partial charge on any atom is 0.120 e. The van der Waals surface area contributed by atoms with E-state index in [1.54, 1.807) is 6.92 Å². The normalized spacial score (nSPS) is 14.1. The molecule has 0 bridgehead atoms. The molecule has 0 aromatic heterocycles. The number of ether oxygens (including phenoxy) is 1. The summed E-state index contributed by atoms with van der Waals surface area (Å²) in [5.41, 5.74) is 0.622. The van der Waals surface area contributed by atoms with Gasteiger partial charge >= 0.3 is 0 Å². The van der Waals surface area contributed by atoms with Crippen LogP contribution in [0.5, 0.6) is 5.75 Å². The Morgan fingerprint density at radius 1 is 1.05 bits per heavy atom. The highest BCUT2D eigenvalue weighted by Crippen LogP contribution is 2.32. The van der Waals surface area contributed by atoms with Crippen molar-refractivity contribution in [1.82, 2.24) is 0 Å². The Morgan fingerprint density at radius 3 is 2.30 bits per heavy atom. The topological polar surface area (TPSA) is 29.5 Å². The van der Waals surface area contributed by atoms with E-state index in [0.717, 1.165) is 21.3 Å². The first-order chi connectivity index (χ1) is 9.39. The second-order valence-electron chi connectivity index (χ2n) is 5.27. The number of benzene rings is 2. The van der Waals surface area contributed by atoms with E-state index in [1.165, 1.54) is 0 Å². The van der Waals surface area contributed by atoms with Crippen molar-refractivity contribution in [3.8, 4) is 5.75 Å². The maximum absolute atomic E-state index is 10.8. The van der Waals surface area contributed by atoms with Crippen LogP contribution in [0.25, 0.3) is 0 Å². The van der Waals surface area contributed by atoms with Gasteiger partial charge in [-0.15, -0.1) is 0 Å². The fourth-order valence-corrected chi connectivity index (χ4v) is 2.35. The van der Waals surface area contributed by atoms with Crippen LogP contribution in [0.3, 0.4) is 0 Å². The highest BCUT2D eigenvalue weighted by Gasteiger charge is 2.25. The molecule has 0 aliphatic carbocycles. The molecule has 2 aromatic carbocycles. The van der Waals surface area contributed by atoms with Crippen LogP contribution in [0.4, 0.5) is 0 Å². The summed E-state index contributed by atoms with van der Waals surface area (Å²) in [5.74, 6) is 0.773. The van der Waals surface area contributed by atoms with Crippen molar-refractivity contribution >= 4 is 15.9 Å². The predicted octanol–water partition coefficient (Wildman–Crippen LogP) is 4.49. The monoisotopic (exact) mass is 334 g/mol. The van der Waals surface area contributed by atoms with Gasteiger partial charge in [-0.1, -0.05) is 40.2 Å². The third-order valence-electron chi connectivity index (χ3n) is 3.17. The van der Waals surface area contributed by atoms with Crippen LogP contribution in [0.2, 0.25) is 0 Å². The van der Waals surface area contributed by atoms with Gasteiger partial charge in [0.15, 0.2) is 0 Å². The first kappa shape index (κ1) is 15.1. The van der Waals surface area contributed by atoms with E-state index in [4.69, 9.17) is 4.74 Å². The Hall–Kier alpha value is -1.32. The minimum atomic E-state index is -1.04. The van der Waals surface area contributed by atoms with Crippen LogP contribution in [-0.2, 0) is 5.60 Å². The Labute approximate surface area is 128 Å². The third-order valence-corrected chi connectivity index (χ3v) is 3.70. The SMILES string of the molecule is CC(C)Oc1cccc(C(C)(O)c2ccc(Br)cc2)c1. The summed E-state index contributed by atoms with van der Waals surface area (Å²) in [6.45, 7) is 5.77. The van der Waals surface area contributed by atoms with Gasteiger partial charge in [-0.3, -0.25) is 0 Å². The van der Waals surface area contributed by atoms with Gasteiger partial charge in [-0.2, -0.15) is 0 Å². The number of hydrogen-bond donors (Lipinski definition) is 1. The van der Waals surface area contributed by atoms with Crippen molar-refractivity contribution in [3.63, 3.8) is 0 Å². The average Bonchev–Trinajstić information content (AvgIpc) is 2.39. The lowest BCUT2D eigenvalue weighted by Gasteiger charge is -2.25. The van der Waals surface area contributed by atoms with Gasteiger partial charge in [-0.05, 0) is 56.2 Å². The molecule has 0 fully saturated rings. The lowest BCUT2D eigenvalue weighted by atomic mass is 9.88. The van der Waals surface area contributed by atoms with Gasteiger partial charge in [-0.25, -0.2) is 0 Å². The molecule has 1 atom stereocenters. The highest BCUT2D eigenvalue weighted by molar-refractivity contribution is 9.10. The third kappa shape index (κ3) is 3.41. The van der Waals surface area contributed by atoms with Gasteiger partial charge in [0.05, 0.1) is 6.10 Å². The number of aliphatic hydroxyl groups is 1. The van der Waals surface area contributed by atoms with Crippen molar-refractivity contribution in [2.45, 2.75) is 32.5 Å². The molecule has 0 amide bonds. The fourth-order valence-electron chi connectivity index (χ4n) is 2.09. The summed E-state index contributed by atoms with van der Waals surface area (Å²) < 4.78 is 6.68. The zero-order valence-electron chi connectivity index (χ0n) is 11.9. The van der Waals surface area contributed by atoms with Crippen molar-refractivity contribution in [3.05, 3.63) is 64.1 Å². The molecule has 1 N–H and O–H groups in total. The van der Waals surface area contributed by atoms with Crippen LogP contribution in [0.15, 0.2) is 53.0 Å². The predicted molar refractivity (Wildman–Crippen MR) is 85.0 cm³/mol. The molecule has 20 heavy (non-hydrogen) atoms. The molecule has 0 radical (unpaired) electrons. The molecule has 0 saturated heterocycles. The molecular weight excluding hydrogens is 316 g/mol. The zero-order valence-corrected chi connectivity index (χ0v) is 13.5. The standard InChI is InChI=1S/C17H19BrO2/c1-12(2)20-16-6-4-5-14(11-16)17(3,19)13-7-9-15(18)10-8-13/h4-12,19H,1-3H3. The summed E-state index contributed by atoms with van der Waals surface area (Å²) in [5, 5.41) is 10.8. The summed E-state index contributed by atoms with van der Waals surface area (Å²) in [4.78, 5) is 0. The van der Waals surface area contributed by atoms with E-state index < -0.39 is 5.60 Å². The Balaban J connectivity index is 2.35. The second kappa shape index (κ2) is 5.98. The number of rotatable bonds is 4. The molecule has 106 valence electrons. The minimum absolute atomic E-state index is 0.114.